The second-order valence-electron chi connectivity index (χ2n) is 4.22. The van der Waals surface area contributed by atoms with Crippen molar-refractivity contribution in [3.63, 3.8) is 0 Å². The lowest BCUT2D eigenvalue weighted by Gasteiger charge is -2.15. The molecule has 2 aromatic carbocycles. The maximum atomic E-state index is 9.31. The van der Waals surface area contributed by atoms with Crippen LogP contribution in [0.25, 0.3) is 0 Å². The molecule has 0 spiro atoms. The molecule has 0 heterocycles. The number of halogens is 2. The maximum Gasteiger partial charge on any atom is 0.141 e. The van der Waals surface area contributed by atoms with E-state index in [1.54, 1.807) is 18.2 Å². The molecule has 0 fully saturated rings. The zero-order valence-corrected chi connectivity index (χ0v) is 11.8. The van der Waals surface area contributed by atoms with Crippen LogP contribution in [0.15, 0.2) is 42.5 Å². The van der Waals surface area contributed by atoms with Crippen LogP contribution in [0.5, 0.6) is 0 Å². The Morgan fingerprint density at radius 1 is 1.16 bits per heavy atom. The van der Waals surface area contributed by atoms with Gasteiger partial charge in [-0.05, 0) is 30.7 Å². The van der Waals surface area contributed by atoms with Gasteiger partial charge in [0.1, 0.15) is 6.04 Å². The van der Waals surface area contributed by atoms with Crippen molar-refractivity contribution in [2.75, 3.05) is 5.32 Å². The number of benzene rings is 2. The van der Waals surface area contributed by atoms with Crippen molar-refractivity contribution in [3.05, 3.63) is 63.6 Å². The molecule has 2 aromatic rings. The third kappa shape index (κ3) is 3.20. The molecule has 96 valence electrons. The summed E-state index contributed by atoms with van der Waals surface area (Å²) < 4.78 is 0. The van der Waals surface area contributed by atoms with E-state index in [1.165, 1.54) is 0 Å². The van der Waals surface area contributed by atoms with Gasteiger partial charge in [-0.2, -0.15) is 5.26 Å². The van der Waals surface area contributed by atoms with Crippen molar-refractivity contribution in [1.82, 2.24) is 0 Å². The normalized spacial score (nSPS) is 11.7. The second-order valence-corrected chi connectivity index (χ2v) is 5.00. The first-order valence-corrected chi connectivity index (χ1v) is 6.54. The van der Waals surface area contributed by atoms with Crippen LogP contribution in [-0.2, 0) is 0 Å². The van der Waals surface area contributed by atoms with E-state index in [2.05, 4.69) is 11.4 Å². The van der Waals surface area contributed by atoms with Gasteiger partial charge in [0.15, 0.2) is 0 Å². The first-order valence-electron chi connectivity index (χ1n) is 5.78. The van der Waals surface area contributed by atoms with Crippen LogP contribution in [0, 0.1) is 18.3 Å². The van der Waals surface area contributed by atoms with E-state index in [-0.39, 0.29) is 0 Å². The largest absolute Gasteiger partial charge is 0.366 e. The van der Waals surface area contributed by atoms with Crippen molar-refractivity contribution in [2.24, 2.45) is 0 Å². The standard InChI is InChI=1S/C15H12Cl2N2/c1-10-4-2-5-11(8-10)19-14(9-18)12-6-3-7-13(16)15(12)17/h2-8,14,19H,1H3. The van der Waals surface area contributed by atoms with Crippen molar-refractivity contribution in [2.45, 2.75) is 13.0 Å². The zero-order chi connectivity index (χ0) is 13.8. The number of nitrogens with zero attached hydrogens (tertiary/aromatic N) is 1. The zero-order valence-electron chi connectivity index (χ0n) is 10.3. The van der Waals surface area contributed by atoms with E-state index in [0.29, 0.717) is 15.6 Å². The Kier molecular flexibility index (Phi) is 4.31. The molecule has 2 nitrogen and oxygen atoms in total. The molecule has 0 amide bonds. The number of hydrogen-bond acceptors (Lipinski definition) is 2. The number of nitriles is 1. The predicted octanol–water partition coefficient (Wildman–Crippen LogP) is 4.98. The quantitative estimate of drug-likeness (QED) is 0.865. The summed E-state index contributed by atoms with van der Waals surface area (Å²) in [5, 5.41) is 13.3. The average molecular weight is 291 g/mol. The van der Waals surface area contributed by atoms with E-state index >= 15 is 0 Å². The summed E-state index contributed by atoms with van der Waals surface area (Å²) in [6.07, 6.45) is 0. The summed E-state index contributed by atoms with van der Waals surface area (Å²) >= 11 is 12.1. The Bertz CT molecular complexity index is 632. The van der Waals surface area contributed by atoms with E-state index in [0.717, 1.165) is 11.3 Å². The summed E-state index contributed by atoms with van der Waals surface area (Å²) in [7, 11) is 0. The summed E-state index contributed by atoms with van der Waals surface area (Å²) in [5.41, 5.74) is 2.68. The van der Waals surface area contributed by atoms with Gasteiger partial charge in [0.05, 0.1) is 16.1 Å². The van der Waals surface area contributed by atoms with Gasteiger partial charge in [0, 0.05) is 11.3 Å². The average Bonchev–Trinajstić information content (AvgIpc) is 2.40. The molecule has 1 atom stereocenters. The molecule has 0 aliphatic rings. The third-order valence-corrected chi connectivity index (χ3v) is 3.58. The lowest BCUT2D eigenvalue weighted by molar-refractivity contribution is 0.997. The molecule has 19 heavy (non-hydrogen) atoms. The smallest absolute Gasteiger partial charge is 0.141 e. The Morgan fingerprint density at radius 2 is 1.89 bits per heavy atom. The third-order valence-electron chi connectivity index (χ3n) is 2.75. The Hall–Kier alpha value is -1.69. The number of anilines is 1. The highest BCUT2D eigenvalue weighted by Gasteiger charge is 2.15. The Morgan fingerprint density at radius 3 is 2.58 bits per heavy atom. The summed E-state index contributed by atoms with van der Waals surface area (Å²) in [5.74, 6) is 0. The van der Waals surface area contributed by atoms with Crippen LogP contribution in [0.4, 0.5) is 5.69 Å². The second kappa shape index (κ2) is 5.97. The molecule has 0 radical (unpaired) electrons. The van der Waals surface area contributed by atoms with Gasteiger partial charge in [-0.25, -0.2) is 0 Å². The minimum absolute atomic E-state index is 0.413. The lowest BCUT2D eigenvalue weighted by Crippen LogP contribution is -2.09. The highest BCUT2D eigenvalue weighted by molar-refractivity contribution is 6.42. The number of aryl methyl sites for hydroxylation is 1. The van der Waals surface area contributed by atoms with Crippen LogP contribution in [0.1, 0.15) is 17.2 Å². The SMILES string of the molecule is Cc1cccc(NC(C#N)c2cccc(Cl)c2Cl)c1. The molecule has 4 heteroatoms. The van der Waals surface area contributed by atoms with Crippen molar-refractivity contribution in [1.29, 1.82) is 5.26 Å². The van der Waals surface area contributed by atoms with Gasteiger partial charge in [-0.3, -0.25) is 0 Å². The van der Waals surface area contributed by atoms with Crippen LogP contribution in [0.2, 0.25) is 10.0 Å². The lowest BCUT2D eigenvalue weighted by atomic mass is 10.1. The van der Waals surface area contributed by atoms with Crippen molar-refractivity contribution >= 4 is 28.9 Å². The van der Waals surface area contributed by atoms with Gasteiger partial charge in [0.25, 0.3) is 0 Å². The number of rotatable bonds is 3. The summed E-state index contributed by atoms with van der Waals surface area (Å²) in [6, 6.07) is 14.8. The van der Waals surface area contributed by atoms with Crippen LogP contribution in [-0.4, -0.2) is 0 Å². The van der Waals surface area contributed by atoms with Crippen LogP contribution >= 0.6 is 23.2 Å². The molecule has 1 N–H and O–H groups in total. The first kappa shape index (κ1) is 13.7. The van der Waals surface area contributed by atoms with Crippen LogP contribution in [0.3, 0.4) is 0 Å². The predicted molar refractivity (Wildman–Crippen MR) is 79.6 cm³/mol. The van der Waals surface area contributed by atoms with Gasteiger partial charge in [0.2, 0.25) is 0 Å². The van der Waals surface area contributed by atoms with Gasteiger partial charge in [-0.15, -0.1) is 0 Å². The molecular weight excluding hydrogens is 279 g/mol. The molecule has 0 aromatic heterocycles. The molecule has 0 aliphatic heterocycles. The molecule has 2 rings (SSSR count). The Balaban J connectivity index is 2.31. The van der Waals surface area contributed by atoms with Gasteiger partial charge < -0.3 is 5.32 Å². The van der Waals surface area contributed by atoms with Gasteiger partial charge >= 0.3 is 0 Å². The fourth-order valence-electron chi connectivity index (χ4n) is 1.82. The summed E-state index contributed by atoms with van der Waals surface area (Å²) in [4.78, 5) is 0. The van der Waals surface area contributed by atoms with E-state index in [9.17, 15) is 5.26 Å². The number of hydrogen-bond donors (Lipinski definition) is 1. The molecule has 0 aliphatic carbocycles. The van der Waals surface area contributed by atoms with Gasteiger partial charge in [-0.1, -0.05) is 47.5 Å². The van der Waals surface area contributed by atoms with Crippen molar-refractivity contribution < 1.29 is 0 Å². The highest BCUT2D eigenvalue weighted by Crippen LogP contribution is 2.31. The fourth-order valence-corrected chi connectivity index (χ4v) is 2.24. The van der Waals surface area contributed by atoms with Crippen molar-refractivity contribution in [3.8, 4) is 6.07 Å². The Labute approximate surface area is 122 Å². The van der Waals surface area contributed by atoms with E-state index in [1.807, 2.05) is 31.2 Å². The first-order chi connectivity index (χ1) is 9.11. The van der Waals surface area contributed by atoms with E-state index < -0.39 is 6.04 Å². The molecule has 0 bridgehead atoms. The fraction of sp³-hybridized carbons (Fsp3) is 0.133. The monoisotopic (exact) mass is 290 g/mol. The molecular formula is C15H12Cl2N2. The topological polar surface area (TPSA) is 35.8 Å². The molecule has 1 unspecified atom stereocenters. The summed E-state index contributed by atoms with van der Waals surface area (Å²) in [6.45, 7) is 2.00. The molecule has 0 saturated carbocycles. The highest BCUT2D eigenvalue weighted by atomic mass is 35.5. The number of nitrogens with one attached hydrogen (secondary N) is 1. The minimum Gasteiger partial charge on any atom is -0.366 e. The minimum atomic E-state index is -0.534. The molecule has 0 saturated heterocycles. The maximum absolute atomic E-state index is 9.31. The van der Waals surface area contributed by atoms with Crippen LogP contribution < -0.4 is 5.32 Å². The van der Waals surface area contributed by atoms with E-state index in [4.69, 9.17) is 23.2 Å².